The second kappa shape index (κ2) is 5.69. The van der Waals surface area contributed by atoms with Crippen LogP contribution in [0.2, 0.25) is 0 Å². The van der Waals surface area contributed by atoms with E-state index in [4.69, 9.17) is 14.6 Å². The average molecular weight is 228 g/mol. The minimum atomic E-state index is -1.21. The Bertz CT molecular complexity index is 339. The molecule has 3 N–H and O–H groups in total. The molecule has 1 rings (SSSR count). The van der Waals surface area contributed by atoms with Gasteiger partial charge in [-0.1, -0.05) is 6.07 Å². The molecule has 0 amide bonds. The Balaban J connectivity index is 2.98. The van der Waals surface area contributed by atoms with E-state index >= 15 is 0 Å². The van der Waals surface area contributed by atoms with Crippen LogP contribution in [0.3, 0.4) is 0 Å². The minimum absolute atomic E-state index is 0.458. The molecule has 0 unspecified atom stereocenters. The second-order valence-electron chi connectivity index (χ2n) is 3.31. The van der Waals surface area contributed by atoms with Gasteiger partial charge in [-0.2, -0.15) is 0 Å². The summed E-state index contributed by atoms with van der Waals surface area (Å²) in [5.41, 5.74) is 0.458. The zero-order valence-electron chi connectivity index (χ0n) is 9.25. The molecule has 0 aliphatic rings. The third-order valence-electron chi connectivity index (χ3n) is 2.30. The zero-order valence-corrected chi connectivity index (χ0v) is 9.25. The molecule has 0 saturated carbocycles. The molecule has 16 heavy (non-hydrogen) atoms. The molecule has 0 aliphatic carbocycles. The Morgan fingerprint density at radius 3 is 2.25 bits per heavy atom. The van der Waals surface area contributed by atoms with E-state index in [0.717, 1.165) is 0 Å². The minimum Gasteiger partial charge on any atom is -0.493 e. The van der Waals surface area contributed by atoms with Crippen LogP contribution in [0.1, 0.15) is 11.7 Å². The summed E-state index contributed by atoms with van der Waals surface area (Å²) in [5, 5.41) is 27.7. The van der Waals surface area contributed by atoms with Crippen LogP contribution in [0.15, 0.2) is 18.2 Å². The second-order valence-corrected chi connectivity index (χ2v) is 3.31. The Labute approximate surface area is 93.9 Å². The summed E-state index contributed by atoms with van der Waals surface area (Å²) in [6.45, 7) is -0.504. The van der Waals surface area contributed by atoms with Crippen LogP contribution in [0.4, 0.5) is 0 Å². The van der Waals surface area contributed by atoms with Gasteiger partial charge in [0, 0.05) is 0 Å². The number of hydrogen-bond acceptors (Lipinski definition) is 5. The lowest BCUT2D eigenvalue weighted by atomic mass is 10.0. The molecule has 1 aromatic carbocycles. The van der Waals surface area contributed by atoms with Crippen LogP contribution < -0.4 is 9.47 Å². The zero-order chi connectivity index (χ0) is 12.1. The van der Waals surface area contributed by atoms with Gasteiger partial charge in [0.25, 0.3) is 0 Å². The topological polar surface area (TPSA) is 79.2 Å². The van der Waals surface area contributed by atoms with E-state index < -0.39 is 18.8 Å². The highest BCUT2D eigenvalue weighted by atomic mass is 16.5. The first kappa shape index (κ1) is 12.8. The third kappa shape index (κ3) is 2.63. The molecule has 5 nitrogen and oxygen atoms in total. The summed E-state index contributed by atoms with van der Waals surface area (Å²) in [7, 11) is 2.99. The van der Waals surface area contributed by atoms with E-state index in [2.05, 4.69) is 0 Å². The van der Waals surface area contributed by atoms with Crippen molar-refractivity contribution < 1.29 is 24.8 Å². The quantitative estimate of drug-likeness (QED) is 0.665. The fourth-order valence-electron chi connectivity index (χ4n) is 1.36. The lowest BCUT2D eigenvalue weighted by molar-refractivity contribution is -0.0153. The highest BCUT2D eigenvalue weighted by Crippen LogP contribution is 2.30. The normalized spacial score (nSPS) is 14.3. The summed E-state index contributed by atoms with van der Waals surface area (Å²) in [6, 6.07) is 4.79. The fraction of sp³-hybridized carbons (Fsp3) is 0.455. The van der Waals surface area contributed by atoms with Crippen LogP contribution in [0.25, 0.3) is 0 Å². The molecule has 0 radical (unpaired) electrons. The predicted molar refractivity (Wildman–Crippen MR) is 57.6 cm³/mol. The van der Waals surface area contributed by atoms with Gasteiger partial charge in [0.2, 0.25) is 0 Å². The van der Waals surface area contributed by atoms with Gasteiger partial charge in [0.05, 0.1) is 20.8 Å². The maximum Gasteiger partial charge on any atom is 0.161 e. The number of aliphatic hydroxyl groups is 3. The monoisotopic (exact) mass is 228 g/mol. The van der Waals surface area contributed by atoms with Gasteiger partial charge in [0.1, 0.15) is 12.2 Å². The van der Waals surface area contributed by atoms with Gasteiger partial charge < -0.3 is 24.8 Å². The lowest BCUT2D eigenvalue weighted by Gasteiger charge is -2.17. The first-order chi connectivity index (χ1) is 7.63. The van der Waals surface area contributed by atoms with Gasteiger partial charge in [0.15, 0.2) is 11.5 Å². The fourth-order valence-corrected chi connectivity index (χ4v) is 1.36. The number of hydrogen-bond donors (Lipinski definition) is 3. The average Bonchev–Trinajstić information content (AvgIpc) is 2.35. The summed E-state index contributed by atoms with van der Waals surface area (Å²) in [4.78, 5) is 0. The Morgan fingerprint density at radius 2 is 1.75 bits per heavy atom. The maximum absolute atomic E-state index is 9.67. The van der Waals surface area contributed by atoms with Gasteiger partial charge in [-0.3, -0.25) is 0 Å². The Morgan fingerprint density at radius 1 is 1.12 bits per heavy atom. The van der Waals surface area contributed by atoms with E-state index in [1.807, 2.05) is 0 Å². The van der Waals surface area contributed by atoms with Crippen molar-refractivity contribution in [2.75, 3.05) is 20.8 Å². The van der Waals surface area contributed by atoms with Crippen LogP contribution in [-0.4, -0.2) is 42.3 Å². The van der Waals surface area contributed by atoms with Crippen molar-refractivity contribution in [2.45, 2.75) is 12.2 Å². The lowest BCUT2D eigenvalue weighted by Crippen LogP contribution is -2.22. The predicted octanol–water partition coefficient (Wildman–Crippen LogP) is 0.0904. The van der Waals surface area contributed by atoms with E-state index in [1.165, 1.54) is 14.2 Å². The molecule has 0 heterocycles. The first-order valence-corrected chi connectivity index (χ1v) is 4.83. The smallest absolute Gasteiger partial charge is 0.161 e. The molecule has 0 spiro atoms. The molecule has 0 saturated heterocycles. The van der Waals surface area contributed by atoms with Crippen molar-refractivity contribution in [1.82, 2.24) is 0 Å². The summed E-state index contributed by atoms with van der Waals surface area (Å²) < 4.78 is 10.1. The third-order valence-corrected chi connectivity index (χ3v) is 2.30. The highest BCUT2D eigenvalue weighted by molar-refractivity contribution is 5.43. The Hall–Kier alpha value is -1.30. The van der Waals surface area contributed by atoms with Gasteiger partial charge in [-0.25, -0.2) is 0 Å². The molecule has 5 heteroatoms. The SMILES string of the molecule is COc1ccc([C@@H](O)[C@H](O)CO)cc1OC. The van der Waals surface area contributed by atoms with Gasteiger partial charge in [-0.05, 0) is 17.7 Å². The molecule has 1 aromatic rings. The standard InChI is InChI=1S/C11H16O5/c1-15-9-4-3-7(5-10(9)16-2)11(14)8(13)6-12/h3-5,8,11-14H,6H2,1-2H3/t8-,11-/m1/s1. The number of aliphatic hydroxyl groups excluding tert-OH is 3. The summed E-state index contributed by atoms with van der Waals surface area (Å²) in [5.74, 6) is 1.00. The molecule has 0 aromatic heterocycles. The summed E-state index contributed by atoms with van der Waals surface area (Å²) in [6.07, 6.45) is -2.36. The van der Waals surface area contributed by atoms with Crippen LogP contribution in [0, 0.1) is 0 Å². The number of benzene rings is 1. The number of rotatable bonds is 5. The molecule has 0 fully saturated rings. The van der Waals surface area contributed by atoms with E-state index in [-0.39, 0.29) is 0 Å². The van der Waals surface area contributed by atoms with Crippen molar-refractivity contribution in [1.29, 1.82) is 0 Å². The van der Waals surface area contributed by atoms with Crippen LogP contribution >= 0.6 is 0 Å². The van der Waals surface area contributed by atoms with Crippen molar-refractivity contribution in [2.24, 2.45) is 0 Å². The number of methoxy groups -OCH3 is 2. The summed E-state index contributed by atoms with van der Waals surface area (Å²) >= 11 is 0. The Kier molecular flexibility index (Phi) is 4.54. The van der Waals surface area contributed by atoms with E-state index in [0.29, 0.717) is 17.1 Å². The van der Waals surface area contributed by atoms with Crippen LogP contribution in [0.5, 0.6) is 11.5 Å². The maximum atomic E-state index is 9.67. The molecule has 0 bridgehead atoms. The first-order valence-electron chi connectivity index (χ1n) is 4.83. The molecule has 90 valence electrons. The largest absolute Gasteiger partial charge is 0.493 e. The van der Waals surface area contributed by atoms with E-state index in [9.17, 15) is 10.2 Å². The highest BCUT2D eigenvalue weighted by Gasteiger charge is 2.18. The van der Waals surface area contributed by atoms with Crippen molar-refractivity contribution >= 4 is 0 Å². The molecule has 0 aliphatic heterocycles. The number of ether oxygens (including phenoxy) is 2. The molecular weight excluding hydrogens is 212 g/mol. The van der Waals surface area contributed by atoms with Crippen molar-refractivity contribution in [3.05, 3.63) is 23.8 Å². The van der Waals surface area contributed by atoms with Crippen molar-refractivity contribution in [3.8, 4) is 11.5 Å². The van der Waals surface area contributed by atoms with Crippen molar-refractivity contribution in [3.63, 3.8) is 0 Å². The molecular formula is C11H16O5. The van der Waals surface area contributed by atoms with E-state index in [1.54, 1.807) is 18.2 Å². The van der Waals surface area contributed by atoms with Gasteiger partial charge >= 0.3 is 0 Å². The molecule has 2 atom stereocenters. The van der Waals surface area contributed by atoms with Gasteiger partial charge in [-0.15, -0.1) is 0 Å². The van der Waals surface area contributed by atoms with Crippen LogP contribution in [-0.2, 0) is 0 Å².